The van der Waals surface area contributed by atoms with Gasteiger partial charge in [-0.2, -0.15) is 0 Å². The molecule has 2 fully saturated rings. The van der Waals surface area contributed by atoms with E-state index < -0.39 is 0 Å². The molecule has 1 aliphatic heterocycles. The van der Waals surface area contributed by atoms with E-state index in [1.807, 2.05) is 36.8 Å². The van der Waals surface area contributed by atoms with Crippen LogP contribution >= 0.6 is 0 Å². The van der Waals surface area contributed by atoms with Crippen LogP contribution in [0.3, 0.4) is 0 Å². The molecule has 0 unspecified atom stereocenters. The molecule has 6 heteroatoms. The van der Waals surface area contributed by atoms with Crippen LogP contribution in [0.2, 0.25) is 0 Å². The number of imidazole rings is 1. The number of anilines is 1. The molecule has 6 nitrogen and oxygen atoms in total. The van der Waals surface area contributed by atoms with Crippen molar-refractivity contribution in [2.24, 2.45) is 18.4 Å². The second-order valence-corrected chi connectivity index (χ2v) is 6.92. The number of amides is 1. The van der Waals surface area contributed by atoms with Gasteiger partial charge in [-0.05, 0) is 25.3 Å². The van der Waals surface area contributed by atoms with Gasteiger partial charge in [0.2, 0.25) is 11.9 Å². The molecule has 2 N–H and O–H groups in total. The minimum absolute atomic E-state index is 0.179. The standard InChI is InChI=1S/C16H27N5O/c1-20(2)15-19-10-13(21(15)3)9-18-14(22)16-7-5-4-6-12(16)8-17-11-16/h10,12,17H,4-9,11H2,1-3H3,(H,18,22)/t12-,16+/m0/s1. The molecule has 2 atom stereocenters. The molecule has 0 bridgehead atoms. The highest BCUT2D eigenvalue weighted by molar-refractivity contribution is 5.83. The van der Waals surface area contributed by atoms with E-state index in [-0.39, 0.29) is 11.3 Å². The summed E-state index contributed by atoms with van der Waals surface area (Å²) in [6.45, 7) is 2.37. The van der Waals surface area contributed by atoms with Gasteiger partial charge in [0.15, 0.2) is 0 Å². The number of carbonyl (C=O) groups excluding carboxylic acids is 1. The van der Waals surface area contributed by atoms with Gasteiger partial charge in [0.05, 0.1) is 23.9 Å². The predicted molar refractivity (Wildman–Crippen MR) is 86.6 cm³/mol. The van der Waals surface area contributed by atoms with Crippen molar-refractivity contribution in [2.45, 2.75) is 32.2 Å². The van der Waals surface area contributed by atoms with Crippen LogP contribution in [0.4, 0.5) is 5.95 Å². The maximum absolute atomic E-state index is 12.8. The lowest BCUT2D eigenvalue weighted by Gasteiger charge is -2.37. The Balaban J connectivity index is 1.67. The molecule has 2 aliphatic rings. The summed E-state index contributed by atoms with van der Waals surface area (Å²) in [6, 6.07) is 0. The summed E-state index contributed by atoms with van der Waals surface area (Å²) in [4.78, 5) is 19.2. The van der Waals surface area contributed by atoms with E-state index >= 15 is 0 Å². The van der Waals surface area contributed by atoms with E-state index in [9.17, 15) is 4.79 Å². The fourth-order valence-corrected chi connectivity index (χ4v) is 4.05. The zero-order chi connectivity index (χ0) is 15.7. The molecule has 0 aromatic carbocycles. The lowest BCUT2D eigenvalue weighted by Crippen LogP contribution is -2.47. The highest BCUT2D eigenvalue weighted by Gasteiger charge is 2.49. The molecular weight excluding hydrogens is 278 g/mol. The number of nitrogens with one attached hydrogen (secondary N) is 2. The minimum Gasteiger partial charge on any atom is -0.350 e. The van der Waals surface area contributed by atoms with Crippen LogP contribution in [0.15, 0.2) is 6.20 Å². The fourth-order valence-electron chi connectivity index (χ4n) is 4.05. The number of carbonyl (C=O) groups is 1. The van der Waals surface area contributed by atoms with Gasteiger partial charge in [0.25, 0.3) is 0 Å². The molecule has 122 valence electrons. The lowest BCUT2D eigenvalue weighted by atomic mass is 9.67. The Morgan fingerprint density at radius 2 is 2.36 bits per heavy atom. The van der Waals surface area contributed by atoms with Gasteiger partial charge in [-0.25, -0.2) is 4.98 Å². The van der Waals surface area contributed by atoms with Crippen molar-refractivity contribution in [1.82, 2.24) is 20.2 Å². The third kappa shape index (κ3) is 2.49. The van der Waals surface area contributed by atoms with Crippen LogP contribution in [0, 0.1) is 11.3 Å². The zero-order valence-corrected chi connectivity index (χ0v) is 13.9. The van der Waals surface area contributed by atoms with Crippen molar-refractivity contribution in [3.05, 3.63) is 11.9 Å². The van der Waals surface area contributed by atoms with Crippen molar-refractivity contribution >= 4 is 11.9 Å². The van der Waals surface area contributed by atoms with Crippen molar-refractivity contribution in [1.29, 1.82) is 0 Å². The number of hydrogen-bond donors (Lipinski definition) is 2. The molecule has 1 saturated carbocycles. The quantitative estimate of drug-likeness (QED) is 0.867. The average Bonchev–Trinajstić information content (AvgIpc) is 3.09. The summed E-state index contributed by atoms with van der Waals surface area (Å²) in [5.74, 6) is 1.63. The van der Waals surface area contributed by atoms with Crippen LogP contribution in [0.1, 0.15) is 31.4 Å². The number of hydrogen-bond acceptors (Lipinski definition) is 4. The molecule has 2 heterocycles. The maximum Gasteiger partial charge on any atom is 0.228 e. The summed E-state index contributed by atoms with van der Waals surface area (Å²) in [5, 5.41) is 6.60. The smallest absolute Gasteiger partial charge is 0.228 e. The fraction of sp³-hybridized carbons (Fsp3) is 0.750. The van der Waals surface area contributed by atoms with Crippen molar-refractivity contribution < 1.29 is 4.79 Å². The first-order valence-electron chi connectivity index (χ1n) is 8.21. The van der Waals surface area contributed by atoms with Gasteiger partial charge in [0, 0.05) is 27.7 Å². The molecule has 0 spiro atoms. The van der Waals surface area contributed by atoms with Crippen LogP contribution in [-0.4, -0.2) is 42.6 Å². The van der Waals surface area contributed by atoms with Crippen LogP contribution in [-0.2, 0) is 18.4 Å². The minimum atomic E-state index is -0.179. The summed E-state index contributed by atoms with van der Waals surface area (Å²) in [7, 11) is 5.93. The summed E-state index contributed by atoms with van der Waals surface area (Å²) in [5.41, 5.74) is 0.855. The van der Waals surface area contributed by atoms with Gasteiger partial charge < -0.3 is 20.1 Å². The van der Waals surface area contributed by atoms with Crippen molar-refractivity contribution in [3.63, 3.8) is 0 Å². The SMILES string of the molecule is CN(C)c1ncc(CNC(=O)[C@@]23CCCC[C@H]2CNC3)n1C. The van der Waals surface area contributed by atoms with Crippen molar-refractivity contribution in [3.8, 4) is 0 Å². The van der Waals surface area contributed by atoms with E-state index in [0.29, 0.717) is 12.5 Å². The van der Waals surface area contributed by atoms with E-state index in [2.05, 4.69) is 15.6 Å². The van der Waals surface area contributed by atoms with Crippen LogP contribution < -0.4 is 15.5 Å². The predicted octanol–water partition coefficient (Wildman–Crippen LogP) is 0.882. The topological polar surface area (TPSA) is 62.2 Å². The first-order valence-corrected chi connectivity index (χ1v) is 8.21. The van der Waals surface area contributed by atoms with Gasteiger partial charge in [-0.15, -0.1) is 0 Å². The highest BCUT2D eigenvalue weighted by atomic mass is 16.2. The number of aromatic nitrogens is 2. The Labute approximate surface area is 132 Å². The molecule has 0 radical (unpaired) electrons. The molecular formula is C16H27N5O. The van der Waals surface area contributed by atoms with Gasteiger partial charge in [-0.3, -0.25) is 4.79 Å². The monoisotopic (exact) mass is 305 g/mol. The van der Waals surface area contributed by atoms with Crippen LogP contribution in [0.5, 0.6) is 0 Å². The Bertz CT molecular complexity index is 553. The summed E-state index contributed by atoms with van der Waals surface area (Å²) >= 11 is 0. The summed E-state index contributed by atoms with van der Waals surface area (Å²) < 4.78 is 2.03. The molecule has 1 saturated heterocycles. The molecule has 1 amide bonds. The Morgan fingerprint density at radius 1 is 1.55 bits per heavy atom. The largest absolute Gasteiger partial charge is 0.350 e. The van der Waals surface area contributed by atoms with Gasteiger partial charge >= 0.3 is 0 Å². The summed E-state index contributed by atoms with van der Waals surface area (Å²) in [6.07, 6.45) is 6.47. The van der Waals surface area contributed by atoms with E-state index in [1.54, 1.807) is 0 Å². The second kappa shape index (κ2) is 5.91. The normalized spacial score (nSPS) is 27.5. The van der Waals surface area contributed by atoms with E-state index in [0.717, 1.165) is 31.2 Å². The molecule has 22 heavy (non-hydrogen) atoms. The Kier molecular flexibility index (Phi) is 4.12. The third-order valence-electron chi connectivity index (χ3n) is 5.38. The molecule has 1 aromatic heterocycles. The Morgan fingerprint density at radius 3 is 3.09 bits per heavy atom. The third-order valence-corrected chi connectivity index (χ3v) is 5.38. The number of nitrogens with zero attached hydrogens (tertiary/aromatic N) is 3. The zero-order valence-electron chi connectivity index (χ0n) is 13.9. The van der Waals surface area contributed by atoms with Crippen molar-refractivity contribution in [2.75, 3.05) is 32.1 Å². The number of rotatable bonds is 4. The first-order chi connectivity index (χ1) is 10.5. The molecule has 3 rings (SSSR count). The number of fused-ring (bicyclic) bond motifs is 1. The second-order valence-electron chi connectivity index (χ2n) is 6.92. The Hall–Kier alpha value is -1.56. The van der Waals surface area contributed by atoms with Gasteiger partial charge in [-0.1, -0.05) is 12.8 Å². The lowest BCUT2D eigenvalue weighted by molar-refractivity contribution is -0.134. The van der Waals surface area contributed by atoms with Crippen LogP contribution in [0.25, 0.3) is 0 Å². The average molecular weight is 305 g/mol. The van der Waals surface area contributed by atoms with Gasteiger partial charge in [0.1, 0.15) is 0 Å². The highest BCUT2D eigenvalue weighted by Crippen LogP contribution is 2.43. The van der Waals surface area contributed by atoms with E-state index in [4.69, 9.17) is 0 Å². The molecule has 1 aromatic rings. The first kappa shape index (κ1) is 15.3. The van der Waals surface area contributed by atoms with E-state index in [1.165, 1.54) is 19.3 Å². The maximum atomic E-state index is 12.8. The molecule has 1 aliphatic carbocycles.